The zero-order valence-electron chi connectivity index (χ0n) is 7.42. The molecular formula is C9H15N2O+. The van der Waals surface area contributed by atoms with E-state index >= 15 is 0 Å². The number of hydrogen-bond acceptors (Lipinski definition) is 1. The minimum Gasteiger partial charge on any atom is -0.366 e. The van der Waals surface area contributed by atoms with E-state index in [1.807, 2.05) is 10.8 Å². The smallest absolute Gasteiger partial charge is 0.250 e. The number of nitrogens with zero attached hydrogens (tertiary/aromatic N) is 1. The number of hydrogen-bond donors (Lipinski definition) is 1. The van der Waals surface area contributed by atoms with Gasteiger partial charge in [0.15, 0.2) is 6.20 Å². The van der Waals surface area contributed by atoms with Crippen molar-refractivity contribution in [3.63, 3.8) is 0 Å². The fraction of sp³-hybridized carbons (Fsp3) is 0.556. The monoisotopic (exact) mass is 167 g/mol. The molecule has 0 saturated carbocycles. The lowest BCUT2D eigenvalue weighted by atomic mass is 10.1. The van der Waals surface area contributed by atoms with Gasteiger partial charge in [0.2, 0.25) is 0 Å². The molecule has 66 valence electrons. The summed E-state index contributed by atoms with van der Waals surface area (Å²) in [6.45, 7) is 3.08. The van der Waals surface area contributed by atoms with Crippen LogP contribution in [-0.4, -0.2) is 23.2 Å². The Labute approximate surface area is 72.6 Å². The molecule has 0 saturated heterocycles. The predicted octanol–water partition coefficient (Wildman–Crippen LogP) is 0.643. The molecule has 12 heavy (non-hydrogen) atoms. The van der Waals surface area contributed by atoms with Gasteiger partial charge in [0.05, 0.1) is 5.57 Å². The molecule has 0 bridgehead atoms. The first-order valence-corrected chi connectivity index (χ1v) is 4.33. The highest BCUT2D eigenvalue weighted by Gasteiger charge is 2.14. The second-order valence-electron chi connectivity index (χ2n) is 2.98. The maximum Gasteiger partial charge on any atom is 0.250 e. The first-order valence-electron chi connectivity index (χ1n) is 4.33. The van der Waals surface area contributed by atoms with E-state index in [-0.39, 0.29) is 5.91 Å². The van der Waals surface area contributed by atoms with E-state index in [0.717, 1.165) is 31.4 Å². The molecule has 3 heteroatoms. The molecule has 0 radical (unpaired) electrons. The molecule has 1 aliphatic heterocycles. The summed E-state index contributed by atoms with van der Waals surface area (Å²) in [6, 6.07) is 0. The lowest BCUT2D eigenvalue weighted by molar-refractivity contribution is -0.455. The van der Waals surface area contributed by atoms with Gasteiger partial charge in [-0.1, -0.05) is 6.92 Å². The summed E-state index contributed by atoms with van der Waals surface area (Å²) in [5.74, 6) is -0.288. The molecule has 1 amide bonds. The summed E-state index contributed by atoms with van der Waals surface area (Å²) in [7, 11) is 0. The van der Waals surface area contributed by atoms with E-state index < -0.39 is 0 Å². The van der Waals surface area contributed by atoms with Crippen LogP contribution in [0.4, 0.5) is 0 Å². The average Bonchev–Trinajstić information content (AvgIpc) is 2.05. The van der Waals surface area contributed by atoms with Crippen molar-refractivity contribution in [2.45, 2.75) is 26.2 Å². The van der Waals surface area contributed by atoms with E-state index in [9.17, 15) is 4.79 Å². The van der Waals surface area contributed by atoms with Gasteiger partial charge >= 0.3 is 0 Å². The molecule has 0 aromatic heterocycles. The highest BCUT2D eigenvalue weighted by molar-refractivity contribution is 5.92. The van der Waals surface area contributed by atoms with Crippen LogP contribution in [0.1, 0.15) is 26.2 Å². The minimum absolute atomic E-state index is 0.288. The Morgan fingerprint density at radius 1 is 1.75 bits per heavy atom. The van der Waals surface area contributed by atoms with Crippen molar-refractivity contribution in [1.29, 1.82) is 0 Å². The summed E-state index contributed by atoms with van der Waals surface area (Å²) in [4.78, 5) is 10.8. The average molecular weight is 167 g/mol. The van der Waals surface area contributed by atoms with Crippen LogP contribution in [0.3, 0.4) is 0 Å². The minimum atomic E-state index is -0.288. The third kappa shape index (κ3) is 2.19. The topological polar surface area (TPSA) is 46.1 Å². The molecule has 0 atom stereocenters. The summed E-state index contributed by atoms with van der Waals surface area (Å²) < 4.78 is 2.05. The molecular weight excluding hydrogens is 152 g/mol. The summed E-state index contributed by atoms with van der Waals surface area (Å²) in [5, 5.41) is 0. The van der Waals surface area contributed by atoms with E-state index in [0.29, 0.717) is 0 Å². The van der Waals surface area contributed by atoms with Gasteiger partial charge in [-0.25, -0.2) is 4.58 Å². The summed E-state index contributed by atoms with van der Waals surface area (Å²) >= 11 is 0. The van der Waals surface area contributed by atoms with Gasteiger partial charge in [0.1, 0.15) is 12.8 Å². The Morgan fingerprint density at radius 2 is 2.50 bits per heavy atom. The van der Waals surface area contributed by atoms with Crippen molar-refractivity contribution >= 4 is 12.1 Å². The Bertz CT molecular complexity index is 241. The fourth-order valence-corrected chi connectivity index (χ4v) is 1.30. The molecule has 1 rings (SSSR count). The first kappa shape index (κ1) is 8.97. The summed E-state index contributed by atoms with van der Waals surface area (Å²) in [6.07, 6.45) is 6.76. The van der Waals surface area contributed by atoms with Crippen LogP contribution in [0.5, 0.6) is 0 Å². The number of carbonyl (C=O) groups is 1. The van der Waals surface area contributed by atoms with Gasteiger partial charge in [-0.3, -0.25) is 4.79 Å². The number of primary amides is 1. The third-order valence-electron chi connectivity index (χ3n) is 1.90. The fourth-order valence-electron chi connectivity index (χ4n) is 1.30. The molecule has 1 aliphatic rings. The van der Waals surface area contributed by atoms with Crippen LogP contribution in [0.25, 0.3) is 0 Å². The number of nitrogens with two attached hydrogens (primary N) is 1. The van der Waals surface area contributed by atoms with Gasteiger partial charge in [0, 0.05) is 12.8 Å². The van der Waals surface area contributed by atoms with E-state index in [4.69, 9.17) is 5.73 Å². The van der Waals surface area contributed by atoms with Crippen LogP contribution < -0.4 is 5.73 Å². The standard InChI is InChI=1S/C9H14N2O/c1-2-5-11-6-3-4-8(7-11)9(10)12/h6-7H,2-5H2,1H3,(H-,10,12)/p+1. The van der Waals surface area contributed by atoms with Crippen molar-refractivity contribution in [3.8, 4) is 0 Å². The Kier molecular flexibility index (Phi) is 3.02. The lowest BCUT2D eigenvalue weighted by Gasteiger charge is -2.05. The highest BCUT2D eigenvalue weighted by atomic mass is 16.1. The molecule has 1 heterocycles. The van der Waals surface area contributed by atoms with Crippen LogP contribution in [-0.2, 0) is 4.79 Å². The normalized spacial score (nSPS) is 16.8. The Balaban J connectivity index is 2.67. The van der Waals surface area contributed by atoms with Crippen LogP contribution in [0.15, 0.2) is 11.8 Å². The van der Waals surface area contributed by atoms with Crippen LogP contribution in [0.2, 0.25) is 0 Å². The molecule has 0 aliphatic carbocycles. The molecule has 2 N–H and O–H groups in total. The van der Waals surface area contributed by atoms with Gasteiger partial charge in [-0.15, -0.1) is 0 Å². The first-order chi connectivity index (χ1) is 5.74. The van der Waals surface area contributed by atoms with Gasteiger partial charge < -0.3 is 5.73 Å². The second kappa shape index (κ2) is 4.04. The molecule has 0 fully saturated rings. The Morgan fingerprint density at radius 3 is 3.08 bits per heavy atom. The van der Waals surface area contributed by atoms with E-state index in [1.165, 1.54) is 0 Å². The molecule has 0 unspecified atom stereocenters. The lowest BCUT2D eigenvalue weighted by Crippen LogP contribution is -2.20. The van der Waals surface area contributed by atoms with Gasteiger partial charge in [0.25, 0.3) is 5.91 Å². The summed E-state index contributed by atoms with van der Waals surface area (Å²) in [5.41, 5.74) is 5.92. The van der Waals surface area contributed by atoms with Crippen molar-refractivity contribution in [2.75, 3.05) is 6.54 Å². The highest BCUT2D eigenvalue weighted by Crippen LogP contribution is 2.07. The van der Waals surface area contributed by atoms with Crippen LogP contribution in [0, 0.1) is 0 Å². The number of carbonyl (C=O) groups excluding carboxylic acids is 1. The molecule has 3 nitrogen and oxygen atoms in total. The van der Waals surface area contributed by atoms with Crippen molar-refractivity contribution < 1.29 is 9.37 Å². The third-order valence-corrected chi connectivity index (χ3v) is 1.90. The van der Waals surface area contributed by atoms with Crippen molar-refractivity contribution in [1.82, 2.24) is 0 Å². The predicted molar refractivity (Wildman–Crippen MR) is 48.0 cm³/mol. The van der Waals surface area contributed by atoms with E-state index in [1.54, 1.807) is 0 Å². The molecule has 0 aromatic rings. The molecule has 0 spiro atoms. The van der Waals surface area contributed by atoms with Gasteiger partial charge in [-0.05, 0) is 6.42 Å². The maximum absolute atomic E-state index is 10.8. The largest absolute Gasteiger partial charge is 0.366 e. The second-order valence-corrected chi connectivity index (χ2v) is 2.98. The van der Waals surface area contributed by atoms with Gasteiger partial charge in [-0.2, -0.15) is 0 Å². The van der Waals surface area contributed by atoms with Crippen molar-refractivity contribution in [2.24, 2.45) is 5.73 Å². The van der Waals surface area contributed by atoms with Crippen LogP contribution >= 0.6 is 0 Å². The number of rotatable bonds is 3. The SMILES string of the molecule is CCC[N+]1=CCCC(C(N)=O)=C1. The molecule has 0 aromatic carbocycles. The zero-order chi connectivity index (χ0) is 8.97. The zero-order valence-corrected chi connectivity index (χ0v) is 7.42. The van der Waals surface area contributed by atoms with Crippen molar-refractivity contribution in [3.05, 3.63) is 11.8 Å². The van der Waals surface area contributed by atoms with E-state index in [2.05, 4.69) is 13.1 Å². The maximum atomic E-state index is 10.8. The Hall–Kier alpha value is -1.12. The number of amides is 1. The quantitative estimate of drug-likeness (QED) is 0.616.